The Balaban J connectivity index is 1.75. The number of rotatable bonds is 5. The highest BCUT2D eigenvalue weighted by molar-refractivity contribution is 5.27. The van der Waals surface area contributed by atoms with Gasteiger partial charge in [-0.2, -0.15) is 0 Å². The summed E-state index contributed by atoms with van der Waals surface area (Å²) in [7, 11) is 0. The molecule has 0 amide bonds. The molecule has 1 aromatic carbocycles. The highest BCUT2D eigenvalue weighted by atomic mass is 19.1. The van der Waals surface area contributed by atoms with Gasteiger partial charge in [0.15, 0.2) is 11.6 Å². The first-order valence-electron chi connectivity index (χ1n) is 6.59. The molecule has 2 rings (SSSR count). The maximum Gasteiger partial charge on any atom is 0.165 e. The maximum absolute atomic E-state index is 13.1. The van der Waals surface area contributed by atoms with Crippen LogP contribution in [0.1, 0.15) is 25.3 Å². The van der Waals surface area contributed by atoms with E-state index in [0.717, 1.165) is 12.1 Å². The van der Waals surface area contributed by atoms with Crippen molar-refractivity contribution < 1.29 is 9.50 Å². The quantitative estimate of drug-likeness (QED) is 0.842. The summed E-state index contributed by atoms with van der Waals surface area (Å²) in [6, 6.07) is 5.04. The van der Waals surface area contributed by atoms with Crippen LogP contribution in [0.2, 0.25) is 0 Å². The van der Waals surface area contributed by atoms with E-state index >= 15 is 0 Å². The van der Waals surface area contributed by atoms with Crippen LogP contribution < -0.4 is 5.32 Å². The summed E-state index contributed by atoms with van der Waals surface area (Å²) in [6.07, 6.45) is 2.60. The third-order valence-corrected chi connectivity index (χ3v) is 3.54. The number of hydrogen-bond acceptors (Lipinski definition) is 3. The van der Waals surface area contributed by atoms with Crippen LogP contribution >= 0.6 is 0 Å². The summed E-state index contributed by atoms with van der Waals surface area (Å²) in [5.74, 6) is -0.842. The Morgan fingerprint density at radius 1 is 1.39 bits per heavy atom. The molecule has 0 aromatic heterocycles. The van der Waals surface area contributed by atoms with Crippen molar-refractivity contribution in [1.29, 1.82) is 0 Å². The Morgan fingerprint density at radius 2 is 2.11 bits per heavy atom. The van der Waals surface area contributed by atoms with E-state index in [1.54, 1.807) is 6.07 Å². The molecule has 1 aliphatic heterocycles. The average molecular weight is 252 g/mol. The molecule has 2 N–H and O–H groups in total. The van der Waals surface area contributed by atoms with Crippen LogP contribution in [0.15, 0.2) is 18.2 Å². The minimum Gasteiger partial charge on any atom is -0.505 e. The van der Waals surface area contributed by atoms with E-state index in [-0.39, 0.29) is 5.75 Å². The first kappa shape index (κ1) is 13.3. The zero-order valence-electron chi connectivity index (χ0n) is 10.8. The highest BCUT2D eigenvalue weighted by Gasteiger charge is 2.17. The zero-order chi connectivity index (χ0) is 13.0. The van der Waals surface area contributed by atoms with Gasteiger partial charge in [-0.25, -0.2) is 4.39 Å². The summed E-state index contributed by atoms with van der Waals surface area (Å²) < 4.78 is 13.1. The molecule has 3 nitrogen and oxygen atoms in total. The largest absolute Gasteiger partial charge is 0.505 e. The van der Waals surface area contributed by atoms with Crippen molar-refractivity contribution >= 4 is 0 Å². The first-order valence-corrected chi connectivity index (χ1v) is 6.59. The Morgan fingerprint density at radius 3 is 2.78 bits per heavy atom. The molecular weight excluding hydrogens is 231 g/mol. The van der Waals surface area contributed by atoms with Gasteiger partial charge in [0.05, 0.1) is 0 Å². The fraction of sp³-hybridized carbons (Fsp3) is 0.571. The number of benzene rings is 1. The molecule has 0 spiro atoms. The van der Waals surface area contributed by atoms with Crippen molar-refractivity contribution in [1.82, 2.24) is 10.2 Å². The standard InChI is InChI=1S/C14H21FN2O/c1-11(17-6-2-3-7-17)9-16-10-12-4-5-14(18)13(15)8-12/h4-5,8,11,16,18H,2-3,6-7,9-10H2,1H3. The molecule has 1 fully saturated rings. The molecule has 1 unspecified atom stereocenters. The number of hydrogen-bond donors (Lipinski definition) is 2. The minimum atomic E-state index is -0.554. The predicted octanol–water partition coefficient (Wildman–Crippen LogP) is 2.11. The number of likely N-dealkylation sites (tertiary alicyclic amines) is 1. The van der Waals surface area contributed by atoms with Crippen LogP contribution in [0, 0.1) is 5.82 Å². The third kappa shape index (κ3) is 3.43. The Bertz CT molecular complexity index is 391. The van der Waals surface area contributed by atoms with Gasteiger partial charge in [0.2, 0.25) is 0 Å². The van der Waals surface area contributed by atoms with Crippen LogP contribution in [-0.2, 0) is 6.54 Å². The van der Waals surface area contributed by atoms with E-state index in [0.29, 0.717) is 12.6 Å². The fourth-order valence-corrected chi connectivity index (χ4v) is 2.40. The lowest BCUT2D eigenvalue weighted by Gasteiger charge is -2.23. The third-order valence-electron chi connectivity index (χ3n) is 3.54. The molecule has 1 aliphatic rings. The highest BCUT2D eigenvalue weighted by Crippen LogP contribution is 2.16. The first-order chi connectivity index (χ1) is 8.66. The second-order valence-corrected chi connectivity index (χ2v) is 5.01. The lowest BCUT2D eigenvalue weighted by atomic mass is 10.2. The Kier molecular flexibility index (Phi) is 4.55. The average Bonchev–Trinajstić information content (AvgIpc) is 2.87. The summed E-state index contributed by atoms with van der Waals surface area (Å²) in [5.41, 5.74) is 0.860. The van der Waals surface area contributed by atoms with E-state index in [4.69, 9.17) is 5.11 Å². The number of phenols is 1. The van der Waals surface area contributed by atoms with Crippen LogP contribution in [0.4, 0.5) is 4.39 Å². The smallest absolute Gasteiger partial charge is 0.165 e. The SMILES string of the molecule is CC(CNCc1ccc(O)c(F)c1)N1CCCC1. The molecule has 0 aliphatic carbocycles. The van der Waals surface area contributed by atoms with Gasteiger partial charge in [0.25, 0.3) is 0 Å². The van der Waals surface area contributed by atoms with E-state index in [1.807, 2.05) is 0 Å². The monoisotopic (exact) mass is 252 g/mol. The molecule has 1 saturated heterocycles. The molecular formula is C14H21FN2O. The number of aromatic hydroxyl groups is 1. The number of halogens is 1. The van der Waals surface area contributed by atoms with Crippen LogP contribution in [0.25, 0.3) is 0 Å². The Labute approximate surface area is 108 Å². The summed E-state index contributed by atoms with van der Waals surface area (Å²) >= 11 is 0. The second-order valence-electron chi connectivity index (χ2n) is 5.01. The van der Waals surface area contributed by atoms with Crippen molar-refractivity contribution in [2.75, 3.05) is 19.6 Å². The zero-order valence-corrected chi connectivity index (χ0v) is 10.8. The van der Waals surface area contributed by atoms with E-state index in [9.17, 15) is 4.39 Å². The van der Waals surface area contributed by atoms with Crippen LogP contribution in [-0.4, -0.2) is 35.7 Å². The van der Waals surface area contributed by atoms with Crippen molar-refractivity contribution in [2.24, 2.45) is 0 Å². The second kappa shape index (κ2) is 6.16. The summed E-state index contributed by atoms with van der Waals surface area (Å²) in [5, 5.41) is 12.4. The molecule has 0 saturated carbocycles. The van der Waals surface area contributed by atoms with Gasteiger partial charge >= 0.3 is 0 Å². The molecule has 0 radical (unpaired) electrons. The molecule has 1 heterocycles. The van der Waals surface area contributed by atoms with Gasteiger partial charge in [0.1, 0.15) is 0 Å². The van der Waals surface area contributed by atoms with Gasteiger partial charge in [0, 0.05) is 19.1 Å². The number of nitrogens with one attached hydrogen (secondary N) is 1. The molecule has 0 bridgehead atoms. The van der Waals surface area contributed by atoms with Gasteiger partial charge < -0.3 is 10.4 Å². The van der Waals surface area contributed by atoms with E-state index in [2.05, 4.69) is 17.1 Å². The van der Waals surface area contributed by atoms with Crippen LogP contribution in [0.3, 0.4) is 0 Å². The molecule has 100 valence electrons. The lowest BCUT2D eigenvalue weighted by molar-refractivity contribution is 0.251. The molecule has 4 heteroatoms. The minimum absolute atomic E-state index is 0.288. The fourth-order valence-electron chi connectivity index (χ4n) is 2.40. The van der Waals surface area contributed by atoms with Gasteiger partial charge in [-0.1, -0.05) is 6.07 Å². The molecule has 1 aromatic rings. The van der Waals surface area contributed by atoms with Crippen LogP contribution in [0.5, 0.6) is 5.75 Å². The van der Waals surface area contributed by atoms with Gasteiger partial charge in [-0.05, 0) is 50.6 Å². The number of phenolic OH excluding ortho intramolecular Hbond substituents is 1. The predicted molar refractivity (Wildman–Crippen MR) is 70.0 cm³/mol. The number of nitrogens with zero attached hydrogens (tertiary/aromatic N) is 1. The lowest BCUT2D eigenvalue weighted by Crippen LogP contribution is -2.38. The Hall–Kier alpha value is -1.13. The van der Waals surface area contributed by atoms with E-state index in [1.165, 1.54) is 38.1 Å². The summed E-state index contributed by atoms with van der Waals surface area (Å²) in [4.78, 5) is 2.48. The maximum atomic E-state index is 13.1. The van der Waals surface area contributed by atoms with Crippen molar-refractivity contribution in [3.05, 3.63) is 29.6 Å². The normalized spacial score (nSPS) is 18.1. The van der Waals surface area contributed by atoms with Gasteiger partial charge in [-0.15, -0.1) is 0 Å². The topological polar surface area (TPSA) is 35.5 Å². The van der Waals surface area contributed by atoms with E-state index < -0.39 is 5.82 Å². The molecule has 18 heavy (non-hydrogen) atoms. The van der Waals surface area contributed by atoms with Crippen molar-refractivity contribution in [3.8, 4) is 5.75 Å². The van der Waals surface area contributed by atoms with Gasteiger partial charge in [-0.3, -0.25) is 4.90 Å². The van der Waals surface area contributed by atoms with Crippen molar-refractivity contribution in [2.45, 2.75) is 32.4 Å². The molecule has 1 atom stereocenters. The summed E-state index contributed by atoms with van der Waals surface area (Å²) in [6.45, 7) is 6.14. The van der Waals surface area contributed by atoms with Crippen molar-refractivity contribution in [3.63, 3.8) is 0 Å².